The average Bonchev–Trinajstić information content (AvgIpc) is 2.67. The van der Waals surface area contributed by atoms with Crippen LogP contribution in [0.4, 0.5) is 0 Å². The Kier molecular flexibility index (Phi) is 4.94. The van der Waals surface area contributed by atoms with Crippen molar-refractivity contribution in [2.45, 2.75) is 32.2 Å². The number of nitrogens with one attached hydrogen (secondary N) is 1. The summed E-state index contributed by atoms with van der Waals surface area (Å²) in [5.41, 5.74) is 0. The van der Waals surface area contributed by atoms with E-state index in [1.807, 2.05) is 6.92 Å². The molecule has 1 saturated heterocycles. The van der Waals surface area contributed by atoms with Gasteiger partial charge in [-0.2, -0.15) is 11.8 Å². The van der Waals surface area contributed by atoms with Crippen LogP contribution in [0.3, 0.4) is 0 Å². The van der Waals surface area contributed by atoms with Crippen molar-refractivity contribution >= 4 is 23.6 Å². The van der Waals surface area contributed by atoms with E-state index < -0.39 is 5.97 Å². The largest absolute Gasteiger partial charge is 0.481 e. The van der Waals surface area contributed by atoms with Crippen molar-refractivity contribution in [3.63, 3.8) is 0 Å². The van der Waals surface area contributed by atoms with Crippen LogP contribution in [0.15, 0.2) is 0 Å². The monoisotopic (exact) mass is 231 g/mol. The van der Waals surface area contributed by atoms with Crippen molar-refractivity contribution in [1.82, 2.24) is 5.32 Å². The van der Waals surface area contributed by atoms with Gasteiger partial charge in [-0.15, -0.1) is 0 Å². The second-order valence-corrected chi connectivity index (χ2v) is 5.05. The first kappa shape index (κ1) is 12.4. The first-order chi connectivity index (χ1) is 7.09. The number of hydrogen-bond acceptors (Lipinski definition) is 3. The molecule has 0 saturated carbocycles. The van der Waals surface area contributed by atoms with Gasteiger partial charge in [-0.1, -0.05) is 0 Å². The summed E-state index contributed by atoms with van der Waals surface area (Å²) in [6.07, 6.45) is 1.56. The molecule has 1 amide bonds. The van der Waals surface area contributed by atoms with Gasteiger partial charge < -0.3 is 10.4 Å². The molecule has 2 atom stereocenters. The molecule has 0 aromatic rings. The maximum absolute atomic E-state index is 11.6. The molecule has 1 aliphatic rings. The van der Waals surface area contributed by atoms with Gasteiger partial charge in [0.1, 0.15) is 0 Å². The minimum absolute atomic E-state index is 0.0424. The third-order valence-corrected chi connectivity index (χ3v) is 3.64. The molecule has 0 radical (unpaired) electrons. The molecule has 2 unspecified atom stereocenters. The summed E-state index contributed by atoms with van der Waals surface area (Å²) in [5, 5.41) is 11.4. The highest BCUT2D eigenvalue weighted by atomic mass is 32.2. The molecule has 0 bridgehead atoms. The highest BCUT2D eigenvalue weighted by Gasteiger charge is 2.23. The molecule has 0 aliphatic carbocycles. The van der Waals surface area contributed by atoms with Crippen LogP contribution in [0.1, 0.15) is 26.2 Å². The number of carboxylic acids is 1. The number of carbonyl (C=O) groups excluding carboxylic acids is 1. The Morgan fingerprint density at radius 1 is 1.60 bits per heavy atom. The number of carboxylic acid groups (broad SMARTS) is 1. The van der Waals surface area contributed by atoms with Crippen LogP contribution in [0.2, 0.25) is 0 Å². The molecule has 5 heteroatoms. The van der Waals surface area contributed by atoms with E-state index in [0.717, 1.165) is 17.9 Å². The van der Waals surface area contributed by atoms with E-state index in [0.29, 0.717) is 6.42 Å². The number of hydrogen-bond donors (Lipinski definition) is 2. The lowest BCUT2D eigenvalue weighted by atomic mass is 10.1. The predicted octanol–water partition coefficient (Wildman–Crippen LogP) is 1.11. The number of amides is 1. The summed E-state index contributed by atoms with van der Waals surface area (Å²) in [4.78, 5) is 22.0. The third-order valence-electron chi connectivity index (χ3n) is 2.48. The molecule has 1 fully saturated rings. The van der Waals surface area contributed by atoms with E-state index in [1.165, 1.54) is 0 Å². The standard InChI is InChI=1S/C10H17NO3S/c1-7(2-3-9(12)13)11-10(14)8-4-5-15-6-8/h7-8H,2-6H2,1H3,(H,11,14)(H,12,13). The van der Waals surface area contributed by atoms with Crippen molar-refractivity contribution in [2.24, 2.45) is 5.92 Å². The second-order valence-electron chi connectivity index (χ2n) is 3.90. The highest BCUT2D eigenvalue weighted by molar-refractivity contribution is 7.99. The highest BCUT2D eigenvalue weighted by Crippen LogP contribution is 2.23. The molecule has 4 nitrogen and oxygen atoms in total. The van der Waals surface area contributed by atoms with Crippen molar-refractivity contribution in [1.29, 1.82) is 0 Å². The fourth-order valence-corrected chi connectivity index (χ4v) is 2.73. The number of thioether (sulfide) groups is 1. The lowest BCUT2D eigenvalue weighted by Gasteiger charge is -2.15. The zero-order valence-electron chi connectivity index (χ0n) is 8.86. The molecular formula is C10H17NO3S. The first-order valence-electron chi connectivity index (χ1n) is 5.19. The zero-order chi connectivity index (χ0) is 11.3. The number of rotatable bonds is 5. The molecule has 15 heavy (non-hydrogen) atoms. The first-order valence-corrected chi connectivity index (χ1v) is 6.35. The fourth-order valence-electron chi connectivity index (χ4n) is 1.51. The Morgan fingerprint density at radius 3 is 2.87 bits per heavy atom. The van der Waals surface area contributed by atoms with E-state index in [-0.39, 0.29) is 24.3 Å². The lowest BCUT2D eigenvalue weighted by Crippen LogP contribution is -2.37. The maximum Gasteiger partial charge on any atom is 0.303 e. The molecular weight excluding hydrogens is 214 g/mol. The smallest absolute Gasteiger partial charge is 0.303 e. The van der Waals surface area contributed by atoms with E-state index in [4.69, 9.17) is 5.11 Å². The van der Waals surface area contributed by atoms with Gasteiger partial charge in [0.2, 0.25) is 5.91 Å². The summed E-state index contributed by atoms with van der Waals surface area (Å²) >= 11 is 1.80. The van der Waals surface area contributed by atoms with Crippen LogP contribution in [0, 0.1) is 5.92 Å². The van der Waals surface area contributed by atoms with Gasteiger partial charge in [0.05, 0.1) is 0 Å². The number of carbonyl (C=O) groups is 2. The van der Waals surface area contributed by atoms with Gasteiger partial charge >= 0.3 is 5.97 Å². The Balaban J connectivity index is 2.21. The van der Waals surface area contributed by atoms with Gasteiger partial charge in [-0.05, 0) is 25.5 Å². The molecule has 2 N–H and O–H groups in total. The molecule has 0 aromatic carbocycles. The molecule has 86 valence electrons. The Labute approximate surface area is 93.8 Å². The minimum Gasteiger partial charge on any atom is -0.481 e. The maximum atomic E-state index is 11.6. The summed E-state index contributed by atoms with van der Waals surface area (Å²) in [6.45, 7) is 1.85. The quantitative estimate of drug-likeness (QED) is 0.744. The van der Waals surface area contributed by atoms with Gasteiger partial charge in [0.15, 0.2) is 0 Å². The Hall–Kier alpha value is -0.710. The van der Waals surface area contributed by atoms with Crippen LogP contribution < -0.4 is 5.32 Å². The zero-order valence-corrected chi connectivity index (χ0v) is 9.68. The Morgan fingerprint density at radius 2 is 2.33 bits per heavy atom. The van der Waals surface area contributed by atoms with Crippen LogP contribution in [-0.4, -0.2) is 34.5 Å². The molecule has 0 aromatic heterocycles. The van der Waals surface area contributed by atoms with Gasteiger partial charge in [-0.3, -0.25) is 9.59 Å². The summed E-state index contributed by atoms with van der Waals surface area (Å²) in [5.74, 6) is 1.35. The summed E-state index contributed by atoms with van der Waals surface area (Å²) < 4.78 is 0. The Bertz CT molecular complexity index is 239. The van der Waals surface area contributed by atoms with E-state index >= 15 is 0 Å². The van der Waals surface area contributed by atoms with E-state index in [1.54, 1.807) is 11.8 Å². The normalized spacial score (nSPS) is 22.3. The van der Waals surface area contributed by atoms with E-state index in [9.17, 15) is 9.59 Å². The minimum atomic E-state index is -0.812. The van der Waals surface area contributed by atoms with E-state index in [2.05, 4.69) is 5.32 Å². The van der Waals surface area contributed by atoms with Crippen molar-refractivity contribution in [3.05, 3.63) is 0 Å². The van der Waals surface area contributed by atoms with Gasteiger partial charge in [0, 0.05) is 24.1 Å². The van der Waals surface area contributed by atoms with Crippen molar-refractivity contribution < 1.29 is 14.7 Å². The molecule has 1 heterocycles. The lowest BCUT2D eigenvalue weighted by molar-refractivity contribution is -0.137. The SMILES string of the molecule is CC(CCC(=O)O)NC(=O)C1CCSC1. The summed E-state index contributed by atoms with van der Waals surface area (Å²) in [6, 6.07) is -0.0424. The third kappa shape index (κ3) is 4.55. The molecule has 1 aliphatic heterocycles. The number of aliphatic carboxylic acids is 1. The summed E-state index contributed by atoms with van der Waals surface area (Å²) in [7, 11) is 0. The molecule has 0 spiro atoms. The van der Waals surface area contributed by atoms with Crippen LogP contribution >= 0.6 is 11.8 Å². The van der Waals surface area contributed by atoms with Crippen molar-refractivity contribution in [2.75, 3.05) is 11.5 Å². The topological polar surface area (TPSA) is 66.4 Å². The van der Waals surface area contributed by atoms with Gasteiger partial charge in [0.25, 0.3) is 0 Å². The van der Waals surface area contributed by atoms with Gasteiger partial charge in [-0.25, -0.2) is 0 Å². The molecule has 1 rings (SSSR count). The van der Waals surface area contributed by atoms with Crippen LogP contribution in [-0.2, 0) is 9.59 Å². The fraction of sp³-hybridized carbons (Fsp3) is 0.800. The van der Waals surface area contributed by atoms with Crippen molar-refractivity contribution in [3.8, 4) is 0 Å². The van der Waals surface area contributed by atoms with Crippen LogP contribution in [0.5, 0.6) is 0 Å². The van der Waals surface area contributed by atoms with Crippen LogP contribution in [0.25, 0.3) is 0 Å². The second kappa shape index (κ2) is 6.00. The average molecular weight is 231 g/mol. The predicted molar refractivity (Wildman–Crippen MR) is 59.9 cm³/mol.